The van der Waals surface area contributed by atoms with E-state index in [-0.39, 0.29) is 41.4 Å². The number of alkyl halides is 2. The Bertz CT molecular complexity index is 1180. The summed E-state index contributed by atoms with van der Waals surface area (Å²) in [6, 6.07) is 9.38. The highest BCUT2D eigenvalue weighted by Gasteiger charge is 2.40. The lowest BCUT2D eigenvalue weighted by atomic mass is 9.82. The summed E-state index contributed by atoms with van der Waals surface area (Å²) in [5, 5.41) is 0. The molecule has 2 unspecified atom stereocenters. The molecule has 0 saturated carbocycles. The Labute approximate surface area is 187 Å². The van der Waals surface area contributed by atoms with Crippen molar-refractivity contribution < 1.29 is 36.2 Å². The normalized spacial score (nSPS) is 16.7. The van der Waals surface area contributed by atoms with Gasteiger partial charge in [-0.3, -0.25) is 0 Å². The van der Waals surface area contributed by atoms with Crippen LogP contribution in [0.3, 0.4) is 0 Å². The smallest absolute Gasteiger partial charge is 0.171 e. The van der Waals surface area contributed by atoms with E-state index >= 15 is 4.39 Å². The first-order chi connectivity index (χ1) is 15.9. The molecule has 3 nitrogen and oxygen atoms in total. The van der Waals surface area contributed by atoms with Crippen molar-refractivity contribution >= 4 is 0 Å². The van der Waals surface area contributed by atoms with E-state index in [9.17, 15) is 17.6 Å². The third kappa shape index (κ3) is 4.10. The fraction of sp³-hybridized carbons (Fsp3) is 0.280. The first-order valence-corrected chi connectivity index (χ1v) is 10.5. The van der Waals surface area contributed by atoms with Gasteiger partial charge < -0.3 is 14.2 Å². The third-order valence-corrected chi connectivity index (χ3v) is 5.41. The van der Waals surface area contributed by atoms with Crippen molar-refractivity contribution in [2.45, 2.75) is 32.8 Å². The van der Waals surface area contributed by atoms with Gasteiger partial charge in [-0.1, -0.05) is 12.1 Å². The number of halogens is 5. The number of ether oxygens (including phenoxy) is 3. The Hall–Kier alpha value is -3.29. The summed E-state index contributed by atoms with van der Waals surface area (Å²) in [7, 11) is 0. The van der Waals surface area contributed by atoms with Crippen LogP contribution in [0.5, 0.6) is 17.2 Å². The van der Waals surface area contributed by atoms with Crippen LogP contribution in [0.25, 0.3) is 11.1 Å². The van der Waals surface area contributed by atoms with Crippen LogP contribution in [0, 0.1) is 17.5 Å². The average Bonchev–Trinajstić information content (AvgIpc) is 2.79. The van der Waals surface area contributed by atoms with Crippen molar-refractivity contribution in [2.24, 2.45) is 0 Å². The molecule has 1 aliphatic rings. The zero-order chi connectivity index (χ0) is 23.7. The Morgan fingerprint density at radius 1 is 0.697 bits per heavy atom. The van der Waals surface area contributed by atoms with Crippen molar-refractivity contribution in [3.05, 3.63) is 76.6 Å². The Morgan fingerprint density at radius 2 is 1.24 bits per heavy atom. The van der Waals surface area contributed by atoms with Crippen LogP contribution in [-0.2, 0) is 6.61 Å². The van der Waals surface area contributed by atoms with Crippen LogP contribution >= 0.6 is 0 Å². The van der Waals surface area contributed by atoms with Gasteiger partial charge in [-0.2, -0.15) is 0 Å². The molecule has 0 heterocycles. The molecule has 0 aliphatic heterocycles. The minimum atomic E-state index is -2.45. The van der Waals surface area contributed by atoms with Gasteiger partial charge in [0.25, 0.3) is 0 Å². The van der Waals surface area contributed by atoms with E-state index in [4.69, 9.17) is 14.2 Å². The van der Waals surface area contributed by atoms with Crippen LogP contribution in [0.2, 0.25) is 0 Å². The zero-order valence-electron chi connectivity index (χ0n) is 17.9. The van der Waals surface area contributed by atoms with Gasteiger partial charge in [-0.05, 0) is 49.2 Å². The zero-order valence-corrected chi connectivity index (χ0v) is 17.9. The molecular weight excluding hydrogens is 443 g/mol. The number of rotatable bonds is 7. The Kier molecular flexibility index (Phi) is 6.44. The van der Waals surface area contributed by atoms with Crippen LogP contribution < -0.4 is 14.2 Å². The number of benzene rings is 3. The fourth-order valence-electron chi connectivity index (χ4n) is 3.88. The highest BCUT2D eigenvalue weighted by molar-refractivity contribution is 5.76. The summed E-state index contributed by atoms with van der Waals surface area (Å²) in [6.07, 6.45) is -4.88. The van der Waals surface area contributed by atoms with Crippen molar-refractivity contribution in [3.63, 3.8) is 0 Å². The largest absolute Gasteiger partial charge is 0.494 e. The molecule has 3 aromatic rings. The van der Waals surface area contributed by atoms with E-state index in [1.807, 2.05) is 0 Å². The lowest BCUT2D eigenvalue weighted by Gasteiger charge is -2.28. The Balaban J connectivity index is 1.67. The van der Waals surface area contributed by atoms with Crippen molar-refractivity contribution in [1.29, 1.82) is 0 Å². The van der Waals surface area contributed by atoms with E-state index in [1.165, 1.54) is 36.4 Å². The maximum Gasteiger partial charge on any atom is 0.171 e. The SMILES string of the molecule is CCOc1ccc(COc2ccc3c(c2F)C(F)C(F)c2c-3ccc(OCC)c2F)c(F)c1. The number of fused-ring (bicyclic) bond motifs is 3. The predicted molar refractivity (Wildman–Crippen MR) is 113 cm³/mol. The first-order valence-electron chi connectivity index (χ1n) is 10.5. The monoisotopic (exact) mass is 464 g/mol. The number of hydrogen-bond donors (Lipinski definition) is 0. The summed E-state index contributed by atoms with van der Waals surface area (Å²) >= 11 is 0. The van der Waals surface area contributed by atoms with Gasteiger partial charge in [0, 0.05) is 22.8 Å². The van der Waals surface area contributed by atoms with E-state index in [0.29, 0.717) is 12.4 Å². The fourth-order valence-corrected chi connectivity index (χ4v) is 3.88. The molecule has 2 atom stereocenters. The van der Waals surface area contributed by atoms with Gasteiger partial charge in [-0.25, -0.2) is 22.0 Å². The van der Waals surface area contributed by atoms with Crippen LogP contribution in [0.4, 0.5) is 22.0 Å². The molecule has 0 radical (unpaired) electrons. The topological polar surface area (TPSA) is 27.7 Å². The molecule has 0 spiro atoms. The minimum Gasteiger partial charge on any atom is -0.494 e. The minimum absolute atomic E-state index is 0.0189. The molecule has 33 heavy (non-hydrogen) atoms. The maximum atomic E-state index is 15.2. The maximum absolute atomic E-state index is 15.2. The highest BCUT2D eigenvalue weighted by Crippen LogP contribution is 2.52. The van der Waals surface area contributed by atoms with Gasteiger partial charge in [0.1, 0.15) is 18.2 Å². The Morgan fingerprint density at radius 3 is 1.76 bits per heavy atom. The van der Waals surface area contributed by atoms with Crippen molar-refractivity contribution in [1.82, 2.24) is 0 Å². The molecule has 3 aromatic carbocycles. The molecule has 4 rings (SSSR count). The van der Waals surface area contributed by atoms with Crippen LogP contribution in [0.1, 0.15) is 42.9 Å². The molecule has 0 bridgehead atoms. The average molecular weight is 464 g/mol. The van der Waals surface area contributed by atoms with E-state index in [2.05, 4.69) is 0 Å². The first kappa shape index (κ1) is 22.9. The van der Waals surface area contributed by atoms with Crippen LogP contribution in [0.15, 0.2) is 42.5 Å². The van der Waals surface area contributed by atoms with Crippen molar-refractivity contribution in [2.75, 3.05) is 13.2 Å². The molecule has 0 aromatic heterocycles. The molecule has 0 N–H and O–H groups in total. The summed E-state index contributed by atoms with van der Waals surface area (Å²) < 4.78 is 89.8. The molecular formula is C25H21F5O3. The number of hydrogen-bond acceptors (Lipinski definition) is 3. The lowest BCUT2D eigenvalue weighted by molar-refractivity contribution is 0.157. The summed E-state index contributed by atoms with van der Waals surface area (Å²) in [5.41, 5.74) is -0.888. The van der Waals surface area contributed by atoms with Gasteiger partial charge in [0.15, 0.2) is 35.5 Å². The quantitative estimate of drug-likeness (QED) is 0.347. The van der Waals surface area contributed by atoms with Gasteiger partial charge >= 0.3 is 0 Å². The van der Waals surface area contributed by atoms with Gasteiger partial charge in [-0.15, -0.1) is 0 Å². The molecule has 174 valence electrons. The predicted octanol–water partition coefficient (Wildman–Crippen LogP) is 7.18. The second-order valence-electron chi connectivity index (χ2n) is 7.39. The summed E-state index contributed by atoms with van der Waals surface area (Å²) in [6.45, 7) is 3.57. The second kappa shape index (κ2) is 9.29. The van der Waals surface area contributed by atoms with E-state index < -0.39 is 40.9 Å². The summed E-state index contributed by atoms with van der Waals surface area (Å²) in [4.78, 5) is 0. The van der Waals surface area contributed by atoms with Crippen molar-refractivity contribution in [3.8, 4) is 28.4 Å². The van der Waals surface area contributed by atoms with E-state index in [1.54, 1.807) is 19.9 Å². The molecule has 1 aliphatic carbocycles. The molecule has 0 amide bonds. The highest BCUT2D eigenvalue weighted by atomic mass is 19.2. The second-order valence-corrected chi connectivity index (χ2v) is 7.39. The summed E-state index contributed by atoms with van der Waals surface area (Å²) in [5.74, 6) is -2.97. The molecule has 0 fully saturated rings. The van der Waals surface area contributed by atoms with Gasteiger partial charge in [0.2, 0.25) is 0 Å². The molecule has 8 heteroatoms. The van der Waals surface area contributed by atoms with Gasteiger partial charge in [0.05, 0.1) is 13.2 Å². The third-order valence-electron chi connectivity index (χ3n) is 5.41. The standard InChI is InChI=1S/C25H21F5O3/c1-3-31-14-6-5-13(17(26)11-14)12-33-19-10-8-16-15-7-9-18(32-4-2)22(27)20(15)24(29)25(30)21(16)23(19)28/h5-11,24-25H,3-4,12H2,1-2H3. The van der Waals surface area contributed by atoms with Crippen LogP contribution in [-0.4, -0.2) is 13.2 Å². The van der Waals surface area contributed by atoms with E-state index in [0.717, 1.165) is 0 Å². The molecule has 0 saturated heterocycles. The lowest BCUT2D eigenvalue weighted by Crippen LogP contribution is -2.16.